The largest absolute Gasteiger partial charge is 0.382 e. The molecule has 17 heavy (non-hydrogen) atoms. The number of benzene rings is 1. The molecule has 0 aliphatic heterocycles. The van der Waals surface area contributed by atoms with Gasteiger partial charge in [0.2, 0.25) is 5.91 Å². The lowest BCUT2D eigenvalue weighted by Gasteiger charge is -2.20. The molecule has 92 valence electrons. The minimum atomic E-state index is -0.391. The second-order valence-electron chi connectivity index (χ2n) is 4.62. The van der Waals surface area contributed by atoms with E-state index in [9.17, 15) is 4.79 Å². The molecule has 2 unspecified atom stereocenters. The zero-order valence-corrected chi connectivity index (χ0v) is 9.86. The van der Waals surface area contributed by atoms with E-state index in [1.165, 1.54) is 19.3 Å². The Morgan fingerprint density at radius 2 is 2.00 bits per heavy atom. The third kappa shape index (κ3) is 2.77. The van der Waals surface area contributed by atoms with E-state index in [2.05, 4.69) is 5.32 Å². The van der Waals surface area contributed by atoms with Gasteiger partial charge in [0.15, 0.2) is 0 Å². The Hall–Kier alpha value is -1.55. The number of carbonyl (C=O) groups is 1. The van der Waals surface area contributed by atoms with Crippen LogP contribution in [0.1, 0.15) is 29.6 Å². The fraction of sp³-hybridized carbons (Fsp3) is 0.462. The number of nitrogens with two attached hydrogens (primary N) is 2. The highest BCUT2D eigenvalue weighted by Crippen LogP contribution is 2.27. The average Bonchev–Trinajstić information content (AvgIpc) is 2.77. The van der Waals surface area contributed by atoms with Gasteiger partial charge in [0, 0.05) is 17.3 Å². The molecule has 1 saturated carbocycles. The van der Waals surface area contributed by atoms with Crippen molar-refractivity contribution in [2.24, 2.45) is 17.4 Å². The van der Waals surface area contributed by atoms with Gasteiger partial charge in [-0.2, -0.15) is 0 Å². The Kier molecular flexibility index (Phi) is 3.64. The van der Waals surface area contributed by atoms with Gasteiger partial charge in [0.05, 0.1) is 0 Å². The summed E-state index contributed by atoms with van der Waals surface area (Å²) in [6, 6.07) is 7.74. The molecule has 5 N–H and O–H groups in total. The van der Waals surface area contributed by atoms with Crippen LogP contribution in [0.15, 0.2) is 24.3 Å². The smallest absolute Gasteiger partial charge is 0.248 e. The maximum Gasteiger partial charge on any atom is 0.248 e. The zero-order valence-electron chi connectivity index (χ0n) is 9.86. The third-order valence-electron chi connectivity index (χ3n) is 3.48. The Morgan fingerprint density at radius 1 is 1.29 bits per heavy atom. The second-order valence-corrected chi connectivity index (χ2v) is 4.62. The lowest BCUT2D eigenvalue weighted by Crippen LogP contribution is -2.29. The van der Waals surface area contributed by atoms with Crippen LogP contribution in [0.3, 0.4) is 0 Å². The molecule has 1 fully saturated rings. The fourth-order valence-electron chi connectivity index (χ4n) is 2.45. The molecule has 1 aromatic rings. The predicted molar refractivity (Wildman–Crippen MR) is 68.8 cm³/mol. The van der Waals surface area contributed by atoms with Crippen LogP contribution < -0.4 is 16.8 Å². The van der Waals surface area contributed by atoms with Crippen LogP contribution in [0.5, 0.6) is 0 Å². The molecule has 0 aromatic heterocycles. The van der Waals surface area contributed by atoms with Gasteiger partial charge in [0.1, 0.15) is 0 Å². The minimum absolute atomic E-state index is 0.391. The maximum atomic E-state index is 10.9. The first-order valence-electron chi connectivity index (χ1n) is 6.07. The van der Waals surface area contributed by atoms with E-state index in [-0.39, 0.29) is 0 Å². The van der Waals surface area contributed by atoms with Gasteiger partial charge >= 0.3 is 0 Å². The molecule has 2 rings (SSSR count). The van der Waals surface area contributed by atoms with Crippen LogP contribution in [-0.4, -0.2) is 18.5 Å². The second kappa shape index (κ2) is 5.19. The average molecular weight is 233 g/mol. The third-order valence-corrected chi connectivity index (χ3v) is 3.48. The van der Waals surface area contributed by atoms with E-state index in [0.717, 1.165) is 12.2 Å². The van der Waals surface area contributed by atoms with Crippen molar-refractivity contribution < 1.29 is 4.79 Å². The summed E-state index contributed by atoms with van der Waals surface area (Å²) in [5, 5.41) is 3.48. The first-order valence-corrected chi connectivity index (χ1v) is 6.07. The van der Waals surface area contributed by atoms with Crippen molar-refractivity contribution >= 4 is 11.6 Å². The van der Waals surface area contributed by atoms with Crippen LogP contribution in [-0.2, 0) is 0 Å². The normalized spacial score (nSPS) is 23.6. The zero-order chi connectivity index (χ0) is 12.3. The summed E-state index contributed by atoms with van der Waals surface area (Å²) >= 11 is 0. The molecular formula is C13H19N3O. The molecule has 0 saturated heterocycles. The van der Waals surface area contributed by atoms with E-state index in [1.807, 2.05) is 12.1 Å². The molecule has 2 atom stereocenters. The molecule has 0 spiro atoms. The molecule has 1 amide bonds. The molecule has 0 bridgehead atoms. The van der Waals surface area contributed by atoms with Crippen LogP contribution in [0.2, 0.25) is 0 Å². The van der Waals surface area contributed by atoms with Crippen molar-refractivity contribution in [3.05, 3.63) is 29.8 Å². The Bertz CT molecular complexity index is 388. The highest BCUT2D eigenvalue weighted by Gasteiger charge is 2.25. The molecule has 0 heterocycles. The van der Waals surface area contributed by atoms with E-state index in [1.54, 1.807) is 12.1 Å². The van der Waals surface area contributed by atoms with Gasteiger partial charge in [-0.3, -0.25) is 4.79 Å². The van der Waals surface area contributed by atoms with E-state index in [0.29, 0.717) is 17.5 Å². The SMILES string of the molecule is NCC1CCCC1Nc1ccc(C(N)=O)cc1. The number of carbonyl (C=O) groups excluding carboxylic acids is 1. The summed E-state index contributed by atoms with van der Waals surface area (Å²) < 4.78 is 0. The maximum absolute atomic E-state index is 10.9. The Labute approximate surface area is 101 Å². The molecular weight excluding hydrogens is 214 g/mol. The lowest BCUT2D eigenvalue weighted by molar-refractivity contribution is 0.100. The van der Waals surface area contributed by atoms with Crippen LogP contribution >= 0.6 is 0 Å². The summed E-state index contributed by atoms with van der Waals surface area (Å²) in [6.07, 6.45) is 3.60. The number of anilines is 1. The number of hydrogen-bond donors (Lipinski definition) is 3. The summed E-state index contributed by atoms with van der Waals surface area (Å²) in [6.45, 7) is 0.733. The van der Waals surface area contributed by atoms with Gasteiger partial charge in [0.25, 0.3) is 0 Å². The number of rotatable bonds is 4. The summed E-state index contributed by atoms with van der Waals surface area (Å²) in [5.74, 6) is 0.170. The predicted octanol–water partition coefficient (Wildman–Crippen LogP) is 1.32. The number of hydrogen-bond acceptors (Lipinski definition) is 3. The molecule has 0 radical (unpaired) electrons. The van der Waals surface area contributed by atoms with Crippen LogP contribution in [0, 0.1) is 5.92 Å². The number of amides is 1. The number of primary amides is 1. The van der Waals surface area contributed by atoms with Crippen LogP contribution in [0.4, 0.5) is 5.69 Å². The number of nitrogens with one attached hydrogen (secondary N) is 1. The Balaban J connectivity index is 2.01. The topological polar surface area (TPSA) is 81.1 Å². The molecule has 1 aliphatic carbocycles. The first-order chi connectivity index (χ1) is 8.20. The van der Waals surface area contributed by atoms with Crippen molar-refractivity contribution in [1.29, 1.82) is 0 Å². The molecule has 4 heteroatoms. The minimum Gasteiger partial charge on any atom is -0.382 e. The first kappa shape index (κ1) is 11.9. The van der Waals surface area contributed by atoms with E-state index < -0.39 is 5.91 Å². The molecule has 1 aliphatic rings. The summed E-state index contributed by atoms with van der Waals surface area (Å²) in [4.78, 5) is 10.9. The Morgan fingerprint density at radius 3 is 2.59 bits per heavy atom. The standard InChI is InChI=1S/C13H19N3O/c14-8-10-2-1-3-12(10)16-11-6-4-9(5-7-11)13(15)17/h4-7,10,12,16H,1-3,8,14H2,(H2,15,17). The van der Waals surface area contributed by atoms with Gasteiger partial charge in [-0.1, -0.05) is 6.42 Å². The van der Waals surface area contributed by atoms with Crippen molar-refractivity contribution in [3.8, 4) is 0 Å². The summed E-state index contributed by atoms with van der Waals surface area (Å²) in [5.41, 5.74) is 12.5. The highest BCUT2D eigenvalue weighted by atomic mass is 16.1. The lowest BCUT2D eigenvalue weighted by atomic mass is 10.0. The van der Waals surface area contributed by atoms with Crippen molar-refractivity contribution in [2.45, 2.75) is 25.3 Å². The van der Waals surface area contributed by atoms with Gasteiger partial charge < -0.3 is 16.8 Å². The van der Waals surface area contributed by atoms with Crippen molar-refractivity contribution in [3.63, 3.8) is 0 Å². The molecule has 4 nitrogen and oxygen atoms in total. The van der Waals surface area contributed by atoms with Gasteiger partial charge in [-0.25, -0.2) is 0 Å². The van der Waals surface area contributed by atoms with Gasteiger partial charge in [-0.15, -0.1) is 0 Å². The van der Waals surface area contributed by atoms with Gasteiger partial charge in [-0.05, 0) is 49.6 Å². The highest BCUT2D eigenvalue weighted by molar-refractivity contribution is 5.93. The molecule has 1 aromatic carbocycles. The monoisotopic (exact) mass is 233 g/mol. The van der Waals surface area contributed by atoms with E-state index >= 15 is 0 Å². The summed E-state index contributed by atoms with van der Waals surface area (Å²) in [7, 11) is 0. The van der Waals surface area contributed by atoms with Crippen molar-refractivity contribution in [2.75, 3.05) is 11.9 Å². The quantitative estimate of drug-likeness (QED) is 0.733. The van der Waals surface area contributed by atoms with Crippen LogP contribution in [0.25, 0.3) is 0 Å². The fourth-order valence-corrected chi connectivity index (χ4v) is 2.45. The van der Waals surface area contributed by atoms with E-state index in [4.69, 9.17) is 11.5 Å². The van der Waals surface area contributed by atoms with Crippen molar-refractivity contribution in [1.82, 2.24) is 0 Å².